The lowest BCUT2D eigenvalue weighted by Gasteiger charge is -2.22. The molecule has 1 saturated heterocycles. The first-order valence-electron chi connectivity index (χ1n) is 6.53. The molecule has 0 bridgehead atoms. The Kier molecular flexibility index (Phi) is 8.40. The average Bonchev–Trinajstić information content (AvgIpc) is 2.34. The average molecular weight is 226 g/mol. The molecule has 0 saturated carbocycles. The fraction of sp³-hybridized carbons (Fsp3) is 0.846. The van der Waals surface area contributed by atoms with E-state index in [0.717, 1.165) is 58.2 Å². The molecule has 16 heavy (non-hydrogen) atoms. The summed E-state index contributed by atoms with van der Waals surface area (Å²) < 4.78 is 5.69. The van der Waals surface area contributed by atoms with Crippen molar-refractivity contribution in [2.24, 2.45) is 5.92 Å². The Balaban J connectivity index is 1.78. The Labute approximate surface area is 99.6 Å². The third-order valence-electron chi connectivity index (χ3n) is 2.98. The van der Waals surface area contributed by atoms with Crippen molar-refractivity contribution in [2.75, 3.05) is 39.4 Å². The maximum atomic E-state index is 5.69. The van der Waals surface area contributed by atoms with Crippen LogP contribution in [0.15, 0.2) is 12.7 Å². The highest BCUT2D eigenvalue weighted by Gasteiger charge is 2.12. The standard InChI is InChI=1S/C13H26N2O/c1-2-3-7-14-8-4-11-16-12-13-5-9-15-10-6-13/h2,13-15H,1,3-12H2. The summed E-state index contributed by atoms with van der Waals surface area (Å²) in [7, 11) is 0. The summed E-state index contributed by atoms with van der Waals surface area (Å²) in [5.41, 5.74) is 0. The van der Waals surface area contributed by atoms with Crippen LogP contribution >= 0.6 is 0 Å². The summed E-state index contributed by atoms with van der Waals surface area (Å²) in [6, 6.07) is 0. The molecule has 1 heterocycles. The van der Waals surface area contributed by atoms with Crippen LogP contribution in [0.25, 0.3) is 0 Å². The SMILES string of the molecule is C=CCCNCCCOCC1CCNCC1. The first-order valence-corrected chi connectivity index (χ1v) is 6.53. The Morgan fingerprint density at radius 2 is 2.12 bits per heavy atom. The number of hydrogen-bond acceptors (Lipinski definition) is 3. The Hall–Kier alpha value is -0.380. The molecule has 0 aromatic carbocycles. The minimum Gasteiger partial charge on any atom is -0.381 e. The molecular weight excluding hydrogens is 200 g/mol. The minimum absolute atomic E-state index is 0.787. The highest BCUT2D eigenvalue weighted by molar-refractivity contribution is 4.68. The first kappa shape index (κ1) is 13.7. The lowest BCUT2D eigenvalue weighted by Crippen LogP contribution is -2.30. The van der Waals surface area contributed by atoms with E-state index in [1.54, 1.807) is 0 Å². The van der Waals surface area contributed by atoms with Crippen LogP contribution in [0, 0.1) is 5.92 Å². The molecule has 0 radical (unpaired) electrons. The summed E-state index contributed by atoms with van der Waals surface area (Å²) in [5.74, 6) is 0.787. The topological polar surface area (TPSA) is 33.3 Å². The molecule has 1 fully saturated rings. The molecule has 1 aliphatic rings. The van der Waals surface area contributed by atoms with Crippen LogP contribution in [-0.4, -0.2) is 39.4 Å². The van der Waals surface area contributed by atoms with Gasteiger partial charge in [-0.3, -0.25) is 0 Å². The van der Waals surface area contributed by atoms with Crippen molar-refractivity contribution in [3.8, 4) is 0 Å². The van der Waals surface area contributed by atoms with E-state index in [1.807, 2.05) is 6.08 Å². The van der Waals surface area contributed by atoms with Gasteiger partial charge in [-0.2, -0.15) is 0 Å². The van der Waals surface area contributed by atoms with Crippen molar-refractivity contribution in [1.82, 2.24) is 10.6 Å². The largest absolute Gasteiger partial charge is 0.381 e. The number of piperidine rings is 1. The second kappa shape index (κ2) is 9.82. The van der Waals surface area contributed by atoms with E-state index >= 15 is 0 Å². The van der Waals surface area contributed by atoms with Gasteiger partial charge in [-0.15, -0.1) is 6.58 Å². The van der Waals surface area contributed by atoms with Gasteiger partial charge < -0.3 is 15.4 Å². The smallest absolute Gasteiger partial charge is 0.0495 e. The lowest BCUT2D eigenvalue weighted by atomic mass is 9.99. The monoisotopic (exact) mass is 226 g/mol. The molecule has 0 aromatic heterocycles. The molecule has 1 aliphatic heterocycles. The van der Waals surface area contributed by atoms with E-state index in [2.05, 4.69) is 17.2 Å². The van der Waals surface area contributed by atoms with Crippen molar-refractivity contribution in [1.29, 1.82) is 0 Å². The van der Waals surface area contributed by atoms with Crippen LogP contribution < -0.4 is 10.6 Å². The van der Waals surface area contributed by atoms with Gasteiger partial charge in [-0.25, -0.2) is 0 Å². The van der Waals surface area contributed by atoms with E-state index in [-0.39, 0.29) is 0 Å². The highest BCUT2D eigenvalue weighted by Crippen LogP contribution is 2.11. The third-order valence-corrected chi connectivity index (χ3v) is 2.98. The second-order valence-corrected chi connectivity index (χ2v) is 4.45. The van der Waals surface area contributed by atoms with Crippen LogP contribution in [0.5, 0.6) is 0 Å². The molecule has 0 aromatic rings. The van der Waals surface area contributed by atoms with Gasteiger partial charge in [0.05, 0.1) is 0 Å². The molecule has 0 spiro atoms. The number of nitrogens with one attached hydrogen (secondary N) is 2. The van der Waals surface area contributed by atoms with Crippen molar-refractivity contribution < 1.29 is 4.74 Å². The predicted octanol–water partition coefficient (Wildman–Crippen LogP) is 1.56. The van der Waals surface area contributed by atoms with Gasteiger partial charge in [0.2, 0.25) is 0 Å². The predicted molar refractivity (Wildman–Crippen MR) is 68.7 cm³/mol. The number of hydrogen-bond donors (Lipinski definition) is 2. The maximum Gasteiger partial charge on any atom is 0.0495 e. The summed E-state index contributed by atoms with van der Waals surface area (Å²) in [6.07, 6.45) is 6.66. The zero-order valence-corrected chi connectivity index (χ0v) is 10.3. The summed E-state index contributed by atoms with van der Waals surface area (Å²) >= 11 is 0. The van der Waals surface area contributed by atoms with Gasteiger partial charge in [0.1, 0.15) is 0 Å². The van der Waals surface area contributed by atoms with Crippen molar-refractivity contribution >= 4 is 0 Å². The highest BCUT2D eigenvalue weighted by atomic mass is 16.5. The van der Waals surface area contributed by atoms with Crippen LogP contribution in [0.3, 0.4) is 0 Å². The molecule has 0 atom stereocenters. The lowest BCUT2D eigenvalue weighted by molar-refractivity contribution is 0.0862. The van der Waals surface area contributed by atoms with Crippen molar-refractivity contribution in [3.05, 3.63) is 12.7 Å². The van der Waals surface area contributed by atoms with Crippen molar-refractivity contribution in [3.63, 3.8) is 0 Å². The number of ether oxygens (including phenoxy) is 1. The third kappa shape index (κ3) is 6.99. The fourth-order valence-corrected chi connectivity index (χ4v) is 1.93. The summed E-state index contributed by atoms with van der Waals surface area (Å²) in [4.78, 5) is 0. The van der Waals surface area contributed by atoms with Gasteiger partial charge in [0.25, 0.3) is 0 Å². The van der Waals surface area contributed by atoms with Gasteiger partial charge in [0.15, 0.2) is 0 Å². The van der Waals surface area contributed by atoms with Crippen LogP contribution in [0.2, 0.25) is 0 Å². The summed E-state index contributed by atoms with van der Waals surface area (Å²) in [6.45, 7) is 9.96. The zero-order chi connectivity index (χ0) is 11.5. The van der Waals surface area contributed by atoms with E-state index in [1.165, 1.54) is 12.8 Å². The van der Waals surface area contributed by atoms with Crippen LogP contribution in [-0.2, 0) is 4.74 Å². The first-order chi connectivity index (χ1) is 7.93. The Morgan fingerprint density at radius 1 is 1.31 bits per heavy atom. The quantitative estimate of drug-likeness (QED) is 0.462. The van der Waals surface area contributed by atoms with E-state index in [0.29, 0.717) is 0 Å². The molecule has 0 unspecified atom stereocenters. The van der Waals surface area contributed by atoms with Crippen molar-refractivity contribution in [2.45, 2.75) is 25.7 Å². The van der Waals surface area contributed by atoms with Crippen LogP contribution in [0.4, 0.5) is 0 Å². The van der Waals surface area contributed by atoms with E-state index in [4.69, 9.17) is 4.74 Å². The molecule has 2 N–H and O–H groups in total. The van der Waals surface area contributed by atoms with Crippen LogP contribution in [0.1, 0.15) is 25.7 Å². The molecule has 3 nitrogen and oxygen atoms in total. The Bertz CT molecular complexity index is 167. The molecule has 1 rings (SSSR count). The molecule has 94 valence electrons. The van der Waals surface area contributed by atoms with Gasteiger partial charge in [-0.05, 0) is 57.8 Å². The molecule has 0 aliphatic carbocycles. The normalized spacial score (nSPS) is 17.5. The summed E-state index contributed by atoms with van der Waals surface area (Å²) in [5, 5.41) is 6.73. The fourth-order valence-electron chi connectivity index (χ4n) is 1.93. The molecule has 3 heteroatoms. The maximum absolute atomic E-state index is 5.69. The number of rotatable bonds is 9. The van der Waals surface area contributed by atoms with E-state index < -0.39 is 0 Å². The molecular formula is C13H26N2O. The second-order valence-electron chi connectivity index (χ2n) is 4.45. The minimum atomic E-state index is 0.787. The molecule has 0 amide bonds. The van der Waals surface area contributed by atoms with Gasteiger partial charge in [-0.1, -0.05) is 6.08 Å². The van der Waals surface area contributed by atoms with Gasteiger partial charge >= 0.3 is 0 Å². The van der Waals surface area contributed by atoms with E-state index in [9.17, 15) is 0 Å². The zero-order valence-electron chi connectivity index (χ0n) is 10.3. The van der Waals surface area contributed by atoms with Gasteiger partial charge in [0, 0.05) is 13.2 Å². The Morgan fingerprint density at radius 3 is 2.88 bits per heavy atom.